The van der Waals surface area contributed by atoms with E-state index < -0.39 is 0 Å². The van der Waals surface area contributed by atoms with Crippen LogP contribution in [-0.2, 0) is 11.4 Å². The molecule has 0 aromatic heterocycles. The molecule has 0 bridgehead atoms. The second kappa shape index (κ2) is 9.62. The summed E-state index contributed by atoms with van der Waals surface area (Å²) in [5.74, 6) is 1.12. The molecule has 0 saturated carbocycles. The van der Waals surface area contributed by atoms with Gasteiger partial charge in [0.1, 0.15) is 18.1 Å². The van der Waals surface area contributed by atoms with Crippen molar-refractivity contribution in [3.63, 3.8) is 0 Å². The summed E-state index contributed by atoms with van der Waals surface area (Å²) in [6.07, 6.45) is 3.22. The number of carbonyl (C=O) groups is 1. The van der Waals surface area contributed by atoms with E-state index in [0.717, 1.165) is 16.9 Å². The van der Waals surface area contributed by atoms with Crippen LogP contribution in [-0.4, -0.2) is 13.0 Å². The van der Waals surface area contributed by atoms with Gasteiger partial charge >= 0.3 is 0 Å². The standard InChI is InChI=1S/C23H20ClNO3/c1-27-20-12-9-17(10-13-20)11-14-23(26)25-21-7-2-3-8-22(21)28-16-18-5-4-6-19(24)15-18/h2-15H,16H2,1H3,(H,25,26)/b14-11+. The molecule has 0 heterocycles. The third-order valence-electron chi connectivity index (χ3n) is 3.97. The summed E-state index contributed by atoms with van der Waals surface area (Å²) >= 11 is 6.00. The van der Waals surface area contributed by atoms with Gasteiger partial charge in [0.2, 0.25) is 5.91 Å². The van der Waals surface area contributed by atoms with E-state index in [1.165, 1.54) is 6.08 Å². The minimum Gasteiger partial charge on any atom is -0.497 e. The van der Waals surface area contributed by atoms with E-state index in [-0.39, 0.29) is 5.91 Å². The van der Waals surface area contributed by atoms with Crippen molar-refractivity contribution in [2.75, 3.05) is 12.4 Å². The number of para-hydroxylation sites is 2. The Morgan fingerprint density at radius 2 is 1.82 bits per heavy atom. The molecule has 3 aromatic carbocycles. The normalized spacial score (nSPS) is 10.6. The van der Waals surface area contributed by atoms with Crippen molar-refractivity contribution < 1.29 is 14.3 Å². The smallest absolute Gasteiger partial charge is 0.248 e. The van der Waals surface area contributed by atoms with Gasteiger partial charge in [0.05, 0.1) is 12.8 Å². The van der Waals surface area contributed by atoms with E-state index in [4.69, 9.17) is 21.1 Å². The molecule has 0 aliphatic rings. The maximum atomic E-state index is 12.3. The first-order valence-corrected chi connectivity index (χ1v) is 9.11. The first kappa shape index (κ1) is 19.5. The summed E-state index contributed by atoms with van der Waals surface area (Å²) in [4.78, 5) is 12.3. The molecule has 0 aliphatic carbocycles. The molecule has 0 spiro atoms. The SMILES string of the molecule is COc1ccc(/C=C/C(=O)Nc2ccccc2OCc2cccc(Cl)c2)cc1. The zero-order valence-corrected chi connectivity index (χ0v) is 16.1. The predicted octanol–water partition coefficient (Wildman–Crippen LogP) is 5.58. The van der Waals surface area contributed by atoms with E-state index in [9.17, 15) is 4.79 Å². The number of nitrogens with one attached hydrogen (secondary N) is 1. The van der Waals surface area contributed by atoms with Crippen molar-refractivity contribution in [3.05, 3.63) is 95.0 Å². The quantitative estimate of drug-likeness (QED) is 0.533. The number of hydrogen-bond donors (Lipinski definition) is 1. The fourth-order valence-corrected chi connectivity index (χ4v) is 2.76. The Balaban J connectivity index is 1.63. The highest BCUT2D eigenvalue weighted by atomic mass is 35.5. The lowest BCUT2D eigenvalue weighted by Crippen LogP contribution is -2.09. The lowest BCUT2D eigenvalue weighted by molar-refractivity contribution is -0.111. The monoisotopic (exact) mass is 393 g/mol. The molecule has 1 amide bonds. The van der Waals surface area contributed by atoms with E-state index in [1.807, 2.05) is 66.7 Å². The van der Waals surface area contributed by atoms with Crippen molar-refractivity contribution in [1.29, 1.82) is 0 Å². The van der Waals surface area contributed by atoms with E-state index in [0.29, 0.717) is 23.1 Å². The molecule has 3 aromatic rings. The second-order valence-corrected chi connectivity index (χ2v) is 6.45. The van der Waals surface area contributed by atoms with Crippen LogP contribution >= 0.6 is 11.6 Å². The Morgan fingerprint density at radius 1 is 1.04 bits per heavy atom. The number of anilines is 1. The molecule has 4 nitrogen and oxygen atoms in total. The first-order chi connectivity index (χ1) is 13.6. The average molecular weight is 394 g/mol. The zero-order chi connectivity index (χ0) is 19.8. The molecule has 5 heteroatoms. The molecular formula is C23H20ClNO3. The lowest BCUT2D eigenvalue weighted by atomic mass is 10.2. The molecular weight excluding hydrogens is 374 g/mol. The average Bonchev–Trinajstić information content (AvgIpc) is 2.72. The highest BCUT2D eigenvalue weighted by molar-refractivity contribution is 6.30. The van der Waals surface area contributed by atoms with Crippen molar-refractivity contribution >= 4 is 29.3 Å². The molecule has 142 valence electrons. The summed E-state index contributed by atoms with van der Waals surface area (Å²) in [5, 5.41) is 3.51. The second-order valence-electron chi connectivity index (χ2n) is 6.01. The van der Waals surface area contributed by atoms with Gasteiger partial charge in [-0.3, -0.25) is 4.79 Å². The van der Waals surface area contributed by atoms with Crippen LogP contribution in [0.4, 0.5) is 5.69 Å². The van der Waals surface area contributed by atoms with Gasteiger partial charge in [-0.1, -0.05) is 48.0 Å². The van der Waals surface area contributed by atoms with Crippen LogP contribution in [0.15, 0.2) is 78.9 Å². The molecule has 0 aliphatic heterocycles. The largest absolute Gasteiger partial charge is 0.497 e. The van der Waals surface area contributed by atoms with Crippen molar-refractivity contribution in [3.8, 4) is 11.5 Å². The number of carbonyl (C=O) groups excluding carboxylic acids is 1. The van der Waals surface area contributed by atoms with Gasteiger partial charge in [-0.15, -0.1) is 0 Å². The number of ether oxygens (including phenoxy) is 2. The van der Waals surface area contributed by atoms with Crippen LogP contribution in [0.3, 0.4) is 0 Å². The summed E-state index contributed by atoms with van der Waals surface area (Å²) in [6, 6.07) is 22.2. The van der Waals surface area contributed by atoms with Gasteiger partial charge in [0.25, 0.3) is 0 Å². The zero-order valence-electron chi connectivity index (χ0n) is 15.4. The van der Waals surface area contributed by atoms with Crippen LogP contribution in [0.25, 0.3) is 6.08 Å². The Bertz CT molecular complexity index is 968. The predicted molar refractivity (Wildman–Crippen MR) is 113 cm³/mol. The Labute approximate surface area is 169 Å². The molecule has 0 saturated heterocycles. The third-order valence-corrected chi connectivity index (χ3v) is 4.21. The highest BCUT2D eigenvalue weighted by Crippen LogP contribution is 2.25. The number of rotatable bonds is 7. The Hall–Kier alpha value is -3.24. The van der Waals surface area contributed by atoms with Crippen LogP contribution in [0.5, 0.6) is 11.5 Å². The number of hydrogen-bond acceptors (Lipinski definition) is 3. The number of benzene rings is 3. The van der Waals surface area contributed by atoms with Crippen molar-refractivity contribution in [1.82, 2.24) is 0 Å². The van der Waals surface area contributed by atoms with Gasteiger partial charge in [-0.25, -0.2) is 0 Å². The van der Waals surface area contributed by atoms with Crippen molar-refractivity contribution in [2.45, 2.75) is 6.61 Å². The maximum Gasteiger partial charge on any atom is 0.248 e. The van der Waals surface area contributed by atoms with Crippen LogP contribution in [0, 0.1) is 0 Å². The summed E-state index contributed by atoms with van der Waals surface area (Å²) in [5.41, 5.74) is 2.46. The van der Waals surface area contributed by atoms with Gasteiger partial charge in [0, 0.05) is 11.1 Å². The molecule has 0 radical (unpaired) electrons. The summed E-state index contributed by atoms with van der Waals surface area (Å²) in [7, 11) is 1.62. The molecule has 1 N–H and O–H groups in total. The molecule has 0 unspecified atom stereocenters. The number of halogens is 1. The minimum absolute atomic E-state index is 0.241. The van der Waals surface area contributed by atoms with Gasteiger partial charge in [-0.2, -0.15) is 0 Å². The van der Waals surface area contributed by atoms with E-state index in [2.05, 4.69) is 5.32 Å². The lowest BCUT2D eigenvalue weighted by Gasteiger charge is -2.12. The van der Waals surface area contributed by atoms with E-state index >= 15 is 0 Å². The number of methoxy groups -OCH3 is 1. The fourth-order valence-electron chi connectivity index (χ4n) is 2.54. The Kier molecular flexibility index (Phi) is 6.71. The van der Waals surface area contributed by atoms with Gasteiger partial charge in [0.15, 0.2) is 0 Å². The number of amides is 1. The highest BCUT2D eigenvalue weighted by Gasteiger charge is 2.06. The van der Waals surface area contributed by atoms with Gasteiger partial charge < -0.3 is 14.8 Å². The third kappa shape index (κ3) is 5.63. The van der Waals surface area contributed by atoms with Crippen LogP contribution in [0.2, 0.25) is 5.02 Å². The maximum absolute atomic E-state index is 12.3. The fraction of sp³-hybridized carbons (Fsp3) is 0.0870. The molecule has 0 atom stereocenters. The van der Waals surface area contributed by atoms with Crippen LogP contribution < -0.4 is 14.8 Å². The minimum atomic E-state index is -0.241. The first-order valence-electron chi connectivity index (χ1n) is 8.73. The summed E-state index contributed by atoms with van der Waals surface area (Å²) < 4.78 is 11.0. The molecule has 0 fully saturated rings. The Morgan fingerprint density at radius 3 is 2.57 bits per heavy atom. The van der Waals surface area contributed by atoms with Crippen LogP contribution in [0.1, 0.15) is 11.1 Å². The topological polar surface area (TPSA) is 47.6 Å². The van der Waals surface area contributed by atoms with E-state index in [1.54, 1.807) is 19.3 Å². The van der Waals surface area contributed by atoms with Gasteiger partial charge in [-0.05, 0) is 53.6 Å². The van der Waals surface area contributed by atoms with Crippen molar-refractivity contribution in [2.24, 2.45) is 0 Å². The molecule has 3 rings (SSSR count). The summed E-state index contributed by atoms with van der Waals surface area (Å²) in [6.45, 7) is 0.356. The molecule has 28 heavy (non-hydrogen) atoms.